The number of carbonyl (C=O) groups is 20. The van der Waals surface area contributed by atoms with E-state index < -0.39 is 284 Å². The topological polar surface area (TPSA) is 678 Å². The second-order valence-corrected chi connectivity index (χ2v) is 33.3. The molecule has 0 aliphatic heterocycles. The molecule has 125 heavy (non-hydrogen) atoms. The molecule has 0 spiro atoms. The fourth-order valence-electron chi connectivity index (χ4n) is 12.0. The number of thiol groups is 2. The first-order valence-corrected chi connectivity index (χ1v) is 42.3. The summed E-state index contributed by atoms with van der Waals surface area (Å²) in [5.41, 5.74) is 12.5. The number of aromatic amines is 1. The molecule has 26 N–H and O–H groups in total. The van der Waals surface area contributed by atoms with Crippen molar-refractivity contribution in [1.82, 2.24) is 106 Å². The van der Waals surface area contributed by atoms with Gasteiger partial charge in [0.25, 0.3) is 0 Å². The summed E-state index contributed by atoms with van der Waals surface area (Å²) in [5.74, 6) is -21.8. The van der Waals surface area contributed by atoms with Crippen molar-refractivity contribution in [2.75, 3.05) is 50.8 Å². The lowest BCUT2D eigenvalue weighted by Crippen LogP contribution is -2.62. The molecule has 0 fully saturated rings. The Bertz CT molecular complexity index is 4110. The van der Waals surface area contributed by atoms with Crippen LogP contribution in [0, 0.1) is 41.4 Å². The first kappa shape index (κ1) is 110. The quantitative estimate of drug-likeness (QED) is 0.0274. The molecule has 2 aromatic rings. The second-order valence-electron chi connectivity index (χ2n) is 32.6. The lowest BCUT2D eigenvalue weighted by molar-refractivity contribution is -0.137. The van der Waals surface area contributed by atoms with Crippen molar-refractivity contribution in [2.45, 2.75) is 234 Å². The fourth-order valence-corrected chi connectivity index (χ4v) is 12.5. The maximum atomic E-state index is 14.1. The van der Waals surface area contributed by atoms with Crippen LogP contribution in [0.4, 0.5) is 0 Å². The molecule has 20 amide bonds. The van der Waals surface area contributed by atoms with Crippen molar-refractivity contribution >= 4 is 154 Å². The van der Waals surface area contributed by atoms with E-state index in [4.69, 9.17) is 11.5 Å². The molecule has 1 heterocycles. The molecule has 1 aromatic heterocycles. The maximum absolute atomic E-state index is 14.1. The van der Waals surface area contributed by atoms with Crippen molar-refractivity contribution in [2.24, 2.45) is 52.9 Å². The molecular weight excluding hydrogens is 1670 g/mol. The predicted molar refractivity (Wildman–Crippen MR) is 463 cm³/mol. The highest BCUT2D eigenvalue weighted by molar-refractivity contribution is 7.80. The van der Waals surface area contributed by atoms with E-state index in [2.05, 4.69) is 131 Å². The van der Waals surface area contributed by atoms with Crippen molar-refractivity contribution in [3.05, 3.63) is 36.0 Å². The standard InChI is InChI=1S/C79H130N22O22S2/c1-34(2)23-48(71(115)88-42(16)67(111)92-50(31-102)69(113)84-27-54(105)83-28-56(107)95-60(37(7)8)77(121)97-58(35(3)4)65(81)109)91-76(120)62(39(11)12)100-78(122)63(40(13)14)101-79(123)64(44(18)103)96-57(108)30-85-70(114)51(32-124)93-66(110)41(15)87-55(106)29-86-74(118)59(36(5)6)98-73(117)52(33-125)94-68(112)43(17)89-75(119)61(38(9)10)99-72(116)49(90-53(104)25-80)24-45-26-82-47-22-20-19-21-46(45)47/h19-22,26,34-44,48-52,58-64,82,102-103,124-125H,23-25,27-33,80H2,1-18H3,(H2,81,109)(H,83,105)(H,84,113)(H,85,114)(H,86,118)(H,87,106)(H,88,115)(H,89,119)(H,90,104)(H,91,120)(H,92,111)(H,93,110)(H,94,112)(H,95,107)(H,96,108)(H,97,121)(H,98,117)(H,99,116)(H,100,122)(H,101,123)/t41-,42-,43-,44+,48-,49-,50-,51-,52-,58-,59-,60-,61-,62-,63-,64-/m0/s1. The van der Waals surface area contributed by atoms with Crippen LogP contribution in [-0.2, 0) is 102 Å². The van der Waals surface area contributed by atoms with Gasteiger partial charge in [-0.2, -0.15) is 25.3 Å². The summed E-state index contributed by atoms with van der Waals surface area (Å²) in [4.78, 5) is 269. The number of fused-ring (bicyclic) bond motifs is 1. The number of benzene rings is 1. The van der Waals surface area contributed by atoms with Crippen molar-refractivity contribution < 1.29 is 106 Å². The van der Waals surface area contributed by atoms with E-state index in [1.807, 2.05) is 24.3 Å². The number of aliphatic hydroxyl groups is 2. The zero-order valence-corrected chi connectivity index (χ0v) is 75.6. The van der Waals surface area contributed by atoms with Gasteiger partial charge in [-0.15, -0.1) is 0 Å². The number of primary amides is 1. The molecule has 44 nitrogen and oxygen atoms in total. The number of aromatic nitrogens is 1. The van der Waals surface area contributed by atoms with Crippen LogP contribution in [0.15, 0.2) is 30.5 Å². The van der Waals surface area contributed by atoms with Crippen molar-refractivity contribution in [3.63, 3.8) is 0 Å². The van der Waals surface area contributed by atoms with Gasteiger partial charge in [-0.3, -0.25) is 95.9 Å². The summed E-state index contributed by atoms with van der Waals surface area (Å²) in [6.07, 6.45) is 0.0902. The van der Waals surface area contributed by atoms with Gasteiger partial charge in [0.2, 0.25) is 118 Å². The number of para-hydroxylation sites is 1. The summed E-state index contributed by atoms with van der Waals surface area (Å²) in [6, 6.07) is -13.0. The summed E-state index contributed by atoms with van der Waals surface area (Å²) < 4.78 is 0. The smallest absolute Gasteiger partial charge is 0.245 e. The monoisotopic (exact) mass is 1800 g/mol. The Hall–Kier alpha value is -11.3. The molecule has 1 aromatic carbocycles. The molecule has 16 atom stereocenters. The van der Waals surface area contributed by atoms with Gasteiger partial charge < -0.3 is 128 Å². The Kier molecular flexibility index (Phi) is 47.3. The Labute approximate surface area is 736 Å². The fraction of sp³-hybridized carbons (Fsp3) is 0.646. The lowest BCUT2D eigenvalue weighted by Gasteiger charge is -2.30. The zero-order valence-electron chi connectivity index (χ0n) is 73.8. The molecule has 0 saturated carbocycles. The molecule has 700 valence electrons. The van der Waals surface area contributed by atoms with Gasteiger partial charge >= 0.3 is 0 Å². The molecule has 0 unspecified atom stereocenters. The minimum Gasteiger partial charge on any atom is -0.394 e. The number of nitrogens with two attached hydrogens (primary N) is 2. The molecule has 46 heteroatoms. The maximum Gasteiger partial charge on any atom is 0.245 e. The Morgan fingerprint density at radius 1 is 0.344 bits per heavy atom. The van der Waals surface area contributed by atoms with E-state index in [1.165, 1.54) is 34.6 Å². The first-order chi connectivity index (χ1) is 58.3. The van der Waals surface area contributed by atoms with Crippen LogP contribution < -0.4 is 112 Å². The van der Waals surface area contributed by atoms with E-state index >= 15 is 0 Å². The van der Waals surface area contributed by atoms with Gasteiger partial charge in [0.05, 0.1) is 45.4 Å². The number of hydrogen-bond donors (Lipinski definition) is 26. The van der Waals surface area contributed by atoms with E-state index in [1.54, 1.807) is 89.3 Å². The summed E-state index contributed by atoms with van der Waals surface area (Å²) in [5, 5.41) is 67.8. The number of carbonyl (C=O) groups excluding carboxylic acids is 20. The van der Waals surface area contributed by atoms with E-state index in [-0.39, 0.29) is 36.2 Å². The van der Waals surface area contributed by atoms with Gasteiger partial charge in [-0.1, -0.05) is 115 Å². The largest absolute Gasteiger partial charge is 0.394 e. The Morgan fingerprint density at radius 3 is 1.13 bits per heavy atom. The van der Waals surface area contributed by atoms with Crippen LogP contribution in [0.25, 0.3) is 10.9 Å². The van der Waals surface area contributed by atoms with E-state index in [9.17, 15) is 106 Å². The van der Waals surface area contributed by atoms with Gasteiger partial charge in [-0.05, 0) is 87.2 Å². The normalized spacial score (nSPS) is 15.2. The van der Waals surface area contributed by atoms with Crippen LogP contribution in [-0.4, -0.2) is 281 Å². The van der Waals surface area contributed by atoms with Crippen molar-refractivity contribution in [3.8, 4) is 0 Å². The number of aliphatic hydroxyl groups excluding tert-OH is 2. The molecular formula is C79H130N22O22S2. The lowest BCUT2D eigenvalue weighted by atomic mass is 9.97. The SMILES string of the molecule is CC(C)C[C@H](NC(=O)[C@@H](NC(=O)[C@@H](NC(=O)[C@@H](NC(=O)CNC(=O)[C@H](CS)NC(=O)[C@H](C)NC(=O)CNC(=O)[C@@H](NC(=O)[C@H](CS)NC(=O)[C@H](C)NC(=O)[C@@H](NC(=O)[C@H](Cc1c[nH]c2ccccc12)NC(=O)CN)C(C)C)C(C)C)[C@@H](C)O)C(C)C)C(C)C)C(=O)N[C@@H](C)C(=O)N[C@@H](CO)C(=O)NCC(=O)NCC(=O)N[C@H](C(=O)N[C@H](C(N)=O)C(C)C)C(C)C. The Balaban J connectivity index is 2.00. The molecule has 0 radical (unpaired) electrons. The third-order valence-corrected chi connectivity index (χ3v) is 20.0. The van der Waals surface area contributed by atoms with E-state index in [0.29, 0.717) is 5.56 Å². The van der Waals surface area contributed by atoms with Gasteiger partial charge in [0.1, 0.15) is 90.6 Å². The number of nitrogens with one attached hydrogen (secondary N) is 20. The highest BCUT2D eigenvalue weighted by Crippen LogP contribution is 2.20. The molecule has 0 aliphatic rings. The van der Waals surface area contributed by atoms with Crippen LogP contribution in [0.5, 0.6) is 0 Å². The van der Waals surface area contributed by atoms with Gasteiger partial charge in [0, 0.05) is 35.0 Å². The van der Waals surface area contributed by atoms with Crippen LogP contribution in [0.2, 0.25) is 0 Å². The Morgan fingerprint density at radius 2 is 0.680 bits per heavy atom. The van der Waals surface area contributed by atoms with Gasteiger partial charge in [0.15, 0.2) is 0 Å². The average Bonchev–Trinajstić information content (AvgIpc) is 1.72. The van der Waals surface area contributed by atoms with Crippen LogP contribution in [0.1, 0.15) is 137 Å². The summed E-state index contributed by atoms with van der Waals surface area (Å²) in [7, 11) is 0. The summed E-state index contributed by atoms with van der Waals surface area (Å²) in [6.45, 7) is 23.3. The third kappa shape index (κ3) is 37.2. The van der Waals surface area contributed by atoms with Gasteiger partial charge in [-0.25, -0.2) is 0 Å². The van der Waals surface area contributed by atoms with Crippen LogP contribution >= 0.6 is 25.3 Å². The highest BCUT2D eigenvalue weighted by atomic mass is 32.1. The highest BCUT2D eigenvalue weighted by Gasteiger charge is 2.39. The number of hydrogen-bond acceptors (Lipinski definition) is 25. The minimum atomic E-state index is -1.77. The third-order valence-electron chi connectivity index (χ3n) is 19.3. The molecule has 0 aliphatic carbocycles. The number of H-pyrrole nitrogens is 1. The first-order valence-electron chi connectivity index (χ1n) is 41.0. The summed E-state index contributed by atoms with van der Waals surface area (Å²) >= 11 is 8.35. The van der Waals surface area contributed by atoms with E-state index in [0.717, 1.165) is 17.8 Å². The number of rotatable bonds is 53. The zero-order chi connectivity index (χ0) is 95.3. The second kappa shape index (κ2) is 53.8. The predicted octanol–water partition coefficient (Wildman–Crippen LogP) is -7.83. The average molecular weight is 1800 g/mol. The molecule has 2 rings (SSSR count). The minimum absolute atomic E-state index is 0.0115. The molecule has 0 bridgehead atoms. The molecule has 0 saturated heterocycles. The van der Waals surface area contributed by atoms with Crippen LogP contribution in [0.3, 0.4) is 0 Å². The number of amides is 20. The van der Waals surface area contributed by atoms with Crippen molar-refractivity contribution in [1.29, 1.82) is 0 Å².